The number of nitrogens with one attached hydrogen (secondary N) is 1. The zero-order chi connectivity index (χ0) is 12.4. The minimum atomic E-state index is -0.376. The Balaban J connectivity index is 2.59. The maximum Gasteiger partial charge on any atom is 0.178 e. The lowest BCUT2D eigenvalue weighted by atomic mass is 10.2. The molecule has 2 aromatic rings. The Bertz CT molecular complexity index is 588. The number of hydrogen-bond donors (Lipinski definition) is 1. The molecule has 0 spiro atoms. The molecule has 0 atom stereocenters. The molecule has 0 radical (unpaired) electrons. The van der Waals surface area contributed by atoms with E-state index >= 15 is 0 Å². The second-order valence-electron chi connectivity index (χ2n) is 3.94. The molecule has 3 nitrogen and oxygen atoms in total. The summed E-state index contributed by atoms with van der Waals surface area (Å²) in [5.41, 5.74) is 1.60. The van der Waals surface area contributed by atoms with Gasteiger partial charge in [0.05, 0.1) is 18.1 Å². The number of H-pyrrole nitrogens is 1. The topological polar surface area (TPSA) is 29.9 Å². The lowest BCUT2D eigenvalue weighted by Crippen LogP contribution is -1.98. The fraction of sp³-hybridized carbons (Fsp3) is 0.417. The molecule has 17 heavy (non-hydrogen) atoms. The summed E-state index contributed by atoms with van der Waals surface area (Å²) in [6.07, 6.45) is 2.13. The van der Waals surface area contributed by atoms with E-state index in [2.05, 4.69) is 11.9 Å². The molecule has 1 heterocycles. The standard InChI is InChI=1S/C12H15FN2OS/c1-3-4-5-15-10-7-11(16-2)8(13)6-9(10)14-12(15)17/h6-7H,3-5H2,1-2H3,(H,14,17). The van der Waals surface area contributed by atoms with E-state index in [4.69, 9.17) is 17.0 Å². The zero-order valence-corrected chi connectivity index (χ0v) is 10.7. The van der Waals surface area contributed by atoms with Crippen molar-refractivity contribution in [2.75, 3.05) is 7.11 Å². The summed E-state index contributed by atoms with van der Waals surface area (Å²) >= 11 is 5.23. The van der Waals surface area contributed by atoms with Crippen molar-refractivity contribution < 1.29 is 9.13 Å². The Labute approximate surface area is 104 Å². The monoisotopic (exact) mass is 254 g/mol. The Morgan fingerprint density at radius 2 is 2.24 bits per heavy atom. The van der Waals surface area contributed by atoms with Crippen molar-refractivity contribution in [3.05, 3.63) is 22.7 Å². The maximum absolute atomic E-state index is 13.5. The number of unbranched alkanes of at least 4 members (excludes halogenated alkanes) is 1. The van der Waals surface area contributed by atoms with Gasteiger partial charge in [-0.1, -0.05) is 13.3 Å². The molecule has 5 heteroatoms. The van der Waals surface area contributed by atoms with Crippen LogP contribution in [0.2, 0.25) is 0 Å². The van der Waals surface area contributed by atoms with Crippen molar-refractivity contribution in [3.63, 3.8) is 0 Å². The summed E-state index contributed by atoms with van der Waals surface area (Å²) in [7, 11) is 1.46. The van der Waals surface area contributed by atoms with Gasteiger partial charge in [0.25, 0.3) is 0 Å². The summed E-state index contributed by atoms with van der Waals surface area (Å²) in [6, 6.07) is 3.11. The van der Waals surface area contributed by atoms with Crippen LogP contribution >= 0.6 is 12.2 Å². The van der Waals surface area contributed by atoms with E-state index in [1.165, 1.54) is 13.2 Å². The van der Waals surface area contributed by atoms with Crippen molar-refractivity contribution in [1.29, 1.82) is 0 Å². The first-order valence-electron chi connectivity index (χ1n) is 5.63. The first-order valence-corrected chi connectivity index (χ1v) is 6.04. The predicted molar refractivity (Wildman–Crippen MR) is 68.5 cm³/mol. The number of rotatable bonds is 4. The van der Waals surface area contributed by atoms with Crippen molar-refractivity contribution in [3.8, 4) is 5.75 Å². The van der Waals surface area contributed by atoms with Crippen LogP contribution in [-0.2, 0) is 6.54 Å². The van der Waals surface area contributed by atoms with E-state index in [1.54, 1.807) is 6.07 Å². The van der Waals surface area contributed by atoms with Gasteiger partial charge in [-0.05, 0) is 18.6 Å². The Kier molecular flexibility index (Phi) is 3.47. The fourth-order valence-electron chi connectivity index (χ4n) is 1.85. The highest BCUT2D eigenvalue weighted by Gasteiger charge is 2.10. The van der Waals surface area contributed by atoms with Crippen molar-refractivity contribution in [2.24, 2.45) is 0 Å². The molecule has 1 aromatic heterocycles. The molecule has 0 saturated carbocycles. The van der Waals surface area contributed by atoms with Crippen LogP contribution in [0, 0.1) is 10.6 Å². The summed E-state index contributed by atoms with van der Waals surface area (Å²) < 4.78 is 21.1. The van der Waals surface area contributed by atoms with E-state index in [0.717, 1.165) is 24.9 Å². The van der Waals surface area contributed by atoms with Crippen molar-refractivity contribution in [2.45, 2.75) is 26.3 Å². The summed E-state index contributed by atoms with van der Waals surface area (Å²) in [4.78, 5) is 3.01. The number of imidazole rings is 1. The maximum atomic E-state index is 13.5. The molecule has 0 amide bonds. The molecular formula is C12H15FN2OS. The predicted octanol–water partition coefficient (Wildman–Crippen LogP) is 3.65. The molecule has 0 saturated heterocycles. The average molecular weight is 254 g/mol. The summed E-state index contributed by atoms with van der Waals surface area (Å²) in [5, 5.41) is 0. The van der Waals surface area contributed by atoms with Crippen molar-refractivity contribution >= 4 is 23.3 Å². The van der Waals surface area contributed by atoms with Crippen LogP contribution in [0.15, 0.2) is 12.1 Å². The van der Waals surface area contributed by atoms with Gasteiger partial charge in [-0.3, -0.25) is 0 Å². The van der Waals surface area contributed by atoms with E-state index in [0.29, 0.717) is 10.3 Å². The number of halogens is 1. The molecule has 92 valence electrons. The van der Waals surface area contributed by atoms with E-state index in [9.17, 15) is 4.39 Å². The minimum absolute atomic E-state index is 0.247. The number of benzene rings is 1. The lowest BCUT2D eigenvalue weighted by molar-refractivity contribution is 0.387. The van der Waals surface area contributed by atoms with Gasteiger partial charge in [0, 0.05) is 18.7 Å². The first-order chi connectivity index (χ1) is 8.17. The van der Waals surface area contributed by atoms with E-state index < -0.39 is 0 Å². The molecule has 0 aliphatic rings. The van der Waals surface area contributed by atoms with Crippen LogP contribution in [0.5, 0.6) is 5.75 Å². The quantitative estimate of drug-likeness (QED) is 0.844. The minimum Gasteiger partial charge on any atom is -0.494 e. The second kappa shape index (κ2) is 4.87. The van der Waals surface area contributed by atoms with E-state index in [1.807, 2.05) is 4.57 Å². The van der Waals surface area contributed by atoms with E-state index in [-0.39, 0.29) is 11.6 Å². The van der Waals surface area contributed by atoms with Gasteiger partial charge >= 0.3 is 0 Å². The molecule has 0 aliphatic carbocycles. The van der Waals surface area contributed by atoms with Gasteiger partial charge in [0.1, 0.15) is 0 Å². The van der Waals surface area contributed by atoms with Gasteiger partial charge < -0.3 is 14.3 Å². The molecule has 0 unspecified atom stereocenters. The zero-order valence-electron chi connectivity index (χ0n) is 9.92. The molecule has 0 fully saturated rings. The highest BCUT2D eigenvalue weighted by molar-refractivity contribution is 7.71. The Morgan fingerprint density at radius 3 is 2.88 bits per heavy atom. The molecular weight excluding hydrogens is 239 g/mol. The average Bonchev–Trinajstić information content (AvgIpc) is 2.60. The molecule has 1 N–H and O–H groups in total. The number of fused-ring (bicyclic) bond motifs is 1. The van der Waals surface area contributed by atoms with Crippen LogP contribution in [0.25, 0.3) is 11.0 Å². The van der Waals surface area contributed by atoms with Crippen LogP contribution < -0.4 is 4.74 Å². The van der Waals surface area contributed by atoms with Crippen LogP contribution in [0.1, 0.15) is 19.8 Å². The number of methoxy groups -OCH3 is 1. The molecule has 0 bridgehead atoms. The highest BCUT2D eigenvalue weighted by atomic mass is 32.1. The molecule has 0 aliphatic heterocycles. The van der Waals surface area contributed by atoms with Gasteiger partial charge in [0.2, 0.25) is 0 Å². The summed E-state index contributed by atoms with van der Waals surface area (Å²) in [6.45, 7) is 2.96. The largest absolute Gasteiger partial charge is 0.494 e. The smallest absolute Gasteiger partial charge is 0.178 e. The number of aromatic nitrogens is 2. The fourth-order valence-corrected chi connectivity index (χ4v) is 2.15. The Hall–Kier alpha value is -1.36. The van der Waals surface area contributed by atoms with Crippen LogP contribution in [-0.4, -0.2) is 16.7 Å². The van der Waals surface area contributed by atoms with Crippen LogP contribution in [0.3, 0.4) is 0 Å². The Morgan fingerprint density at radius 1 is 1.47 bits per heavy atom. The van der Waals surface area contributed by atoms with Gasteiger partial charge in [-0.25, -0.2) is 4.39 Å². The number of hydrogen-bond acceptors (Lipinski definition) is 2. The van der Waals surface area contributed by atoms with Gasteiger partial charge in [-0.15, -0.1) is 0 Å². The SMILES string of the molecule is CCCCn1c(=S)[nH]c2cc(F)c(OC)cc21. The lowest BCUT2D eigenvalue weighted by Gasteiger charge is -2.05. The second-order valence-corrected chi connectivity index (χ2v) is 4.33. The number of nitrogens with zero attached hydrogens (tertiary/aromatic N) is 1. The highest BCUT2D eigenvalue weighted by Crippen LogP contribution is 2.24. The number of aryl methyl sites for hydroxylation is 1. The third kappa shape index (κ3) is 2.20. The van der Waals surface area contributed by atoms with Crippen LogP contribution in [0.4, 0.5) is 4.39 Å². The molecule has 1 aromatic carbocycles. The summed E-state index contributed by atoms with van der Waals surface area (Å²) in [5.74, 6) is -0.129. The third-order valence-corrected chi connectivity index (χ3v) is 3.11. The van der Waals surface area contributed by atoms with Gasteiger partial charge in [-0.2, -0.15) is 0 Å². The normalized spacial score (nSPS) is 11.0. The van der Waals surface area contributed by atoms with Crippen molar-refractivity contribution in [1.82, 2.24) is 9.55 Å². The molecule has 2 rings (SSSR count). The number of ether oxygens (including phenoxy) is 1. The number of aromatic amines is 1. The first kappa shape index (κ1) is 12.1. The van der Waals surface area contributed by atoms with Gasteiger partial charge in [0.15, 0.2) is 16.3 Å². The third-order valence-electron chi connectivity index (χ3n) is 2.78.